The van der Waals surface area contributed by atoms with Crippen LogP contribution in [0, 0.1) is 0 Å². The average Bonchev–Trinajstić information content (AvgIpc) is 2.23. The van der Waals surface area contributed by atoms with Gasteiger partial charge in [0.05, 0.1) is 0 Å². The Morgan fingerprint density at radius 2 is 1.42 bits per heavy atom. The molecule has 0 bridgehead atoms. The molecule has 0 spiro atoms. The van der Waals surface area contributed by atoms with Gasteiger partial charge in [0.1, 0.15) is 11.5 Å². The van der Waals surface area contributed by atoms with E-state index in [1.165, 1.54) is 0 Å². The van der Waals surface area contributed by atoms with E-state index in [1.807, 2.05) is 6.07 Å². The molecular formula is C10H8O2. The molecule has 0 amide bonds. The second-order valence-electron chi connectivity index (χ2n) is 2.72. The van der Waals surface area contributed by atoms with Crippen molar-refractivity contribution in [1.29, 1.82) is 0 Å². The Balaban J connectivity index is 2.72. The van der Waals surface area contributed by atoms with Crippen LogP contribution in [0.5, 0.6) is 11.5 Å². The first kappa shape index (κ1) is 6.98. The van der Waals surface area contributed by atoms with Gasteiger partial charge in [0, 0.05) is 0 Å². The maximum Gasteiger partial charge on any atom is 0.116 e. The number of fused-ring (bicyclic) bond motifs is 1. The van der Waals surface area contributed by atoms with Crippen LogP contribution in [0.1, 0.15) is 0 Å². The first-order chi connectivity index (χ1) is 5.75. The molecule has 0 fully saturated rings. The Morgan fingerprint density at radius 3 is 2.25 bits per heavy atom. The van der Waals surface area contributed by atoms with Crippen molar-refractivity contribution in [3.8, 4) is 22.6 Å². The van der Waals surface area contributed by atoms with Gasteiger partial charge >= 0.3 is 0 Å². The molecule has 2 aliphatic rings. The minimum Gasteiger partial charge on any atom is -0.508 e. The molecular weight excluding hydrogens is 152 g/mol. The van der Waals surface area contributed by atoms with E-state index in [1.54, 1.807) is 30.3 Å². The van der Waals surface area contributed by atoms with Gasteiger partial charge in [-0.05, 0) is 35.4 Å². The highest BCUT2D eigenvalue weighted by Crippen LogP contribution is 2.30. The Bertz CT molecular complexity index is 382. The topological polar surface area (TPSA) is 40.5 Å². The molecule has 0 saturated heterocycles. The third kappa shape index (κ3) is 1.07. The van der Waals surface area contributed by atoms with E-state index in [2.05, 4.69) is 0 Å². The van der Waals surface area contributed by atoms with Crippen LogP contribution in [0.4, 0.5) is 0 Å². The molecule has 60 valence electrons. The first-order valence-corrected chi connectivity index (χ1v) is 3.67. The third-order valence-corrected chi connectivity index (χ3v) is 1.79. The van der Waals surface area contributed by atoms with Gasteiger partial charge in [-0.3, -0.25) is 0 Å². The standard InChI is InChI=1S/C10H8O2/c11-9-3-1-2-7-4-10(12)6-8(7)5-9/h1-6,11-12H. The minimum atomic E-state index is 0.204. The van der Waals surface area contributed by atoms with Gasteiger partial charge in [0.2, 0.25) is 0 Å². The minimum absolute atomic E-state index is 0.204. The fourth-order valence-corrected chi connectivity index (χ4v) is 1.25. The molecule has 0 atom stereocenters. The quantitative estimate of drug-likeness (QED) is 0.620. The second kappa shape index (κ2) is 2.41. The fourth-order valence-electron chi connectivity index (χ4n) is 1.25. The molecule has 0 aromatic carbocycles. The fraction of sp³-hybridized carbons (Fsp3) is 0. The summed E-state index contributed by atoms with van der Waals surface area (Å²) in [6.07, 6.45) is 0. The van der Waals surface area contributed by atoms with Crippen molar-refractivity contribution in [2.45, 2.75) is 0 Å². The third-order valence-electron chi connectivity index (χ3n) is 1.79. The Labute approximate surface area is 70.1 Å². The predicted octanol–water partition coefficient (Wildman–Crippen LogP) is 2.20. The van der Waals surface area contributed by atoms with Crippen LogP contribution < -0.4 is 0 Å². The molecule has 2 rings (SSSR count). The maximum absolute atomic E-state index is 9.22. The van der Waals surface area contributed by atoms with Gasteiger partial charge in [-0.2, -0.15) is 0 Å². The molecule has 2 N–H and O–H groups in total. The first-order valence-electron chi connectivity index (χ1n) is 3.67. The van der Waals surface area contributed by atoms with Crippen LogP contribution in [-0.2, 0) is 0 Å². The molecule has 2 aliphatic carbocycles. The van der Waals surface area contributed by atoms with Gasteiger partial charge in [0.15, 0.2) is 0 Å². The Morgan fingerprint density at radius 1 is 0.750 bits per heavy atom. The van der Waals surface area contributed by atoms with Gasteiger partial charge in [-0.15, -0.1) is 0 Å². The molecule has 2 heteroatoms. The number of hydrogen-bond donors (Lipinski definition) is 2. The predicted molar refractivity (Wildman–Crippen MR) is 46.4 cm³/mol. The van der Waals surface area contributed by atoms with Crippen molar-refractivity contribution in [3.63, 3.8) is 0 Å². The zero-order valence-corrected chi connectivity index (χ0v) is 6.36. The molecule has 0 saturated carbocycles. The van der Waals surface area contributed by atoms with Crippen LogP contribution in [0.25, 0.3) is 11.1 Å². The van der Waals surface area contributed by atoms with Crippen LogP contribution in [0.15, 0.2) is 36.4 Å². The molecule has 2 nitrogen and oxygen atoms in total. The smallest absolute Gasteiger partial charge is 0.116 e. The number of aromatic hydroxyl groups is 2. The lowest BCUT2D eigenvalue weighted by atomic mass is 10.2. The largest absolute Gasteiger partial charge is 0.508 e. The summed E-state index contributed by atoms with van der Waals surface area (Å²) >= 11 is 0. The molecule has 0 aliphatic heterocycles. The highest BCUT2D eigenvalue weighted by Gasteiger charge is 2.03. The van der Waals surface area contributed by atoms with E-state index in [-0.39, 0.29) is 11.5 Å². The highest BCUT2D eigenvalue weighted by molar-refractivity contribution is 5.70. The van der Waals surface area contributed by atoms with E-state index in [0.717, 1.165) is 11.1 Å². The summed E-state index contributed by atoms with van der Waals surface area (Å²) in [5.74, 6) is 0.436. The average molecular weight is 160 g/mol. The summed E-state index contributed by atoms with van der Waals surface area (Å²) in [6.45, 7) is 0. The van der Waals surface area contributed by atoms with Gasteiger partial charge in [-0.1, -0.05) is 12.1 Å². The SMILES string of the molecule is Oc1cccc2cc(O)cc-2c1. The van der Waals surface area contributed by atoms with E-state index >= 15 is 0 Å². The summed E-state index contributed by atoms with van der Waals surface area (Å²) in [5, 5.41) is 18.4. The summed E-state index contributed by atoms with van der Waals surface area (Å²) in [6, 6.07) is 10.1. The van der Waals surface area contributed by atoms with Crippen molar-refractivity contribution in [3.05, 3.63) is 36.4 Å². The Hall–Kier alpha value is -1.70. The van der Waals surface area contributed by atoms with Gasteiger partial charge in [0.25, 0.3) is 0 Å². The van der Waals surface area contributed by atoms with Crippen LogP contribution >= 0.6 is 0 Å². The van der Waals surface area contributed by atoms with Crippen LogP contribution in [0.3, 0.4) is 0 Å². The van der Waals surface area contributed by atoms with E-state index in [0.29, 0.717) is 0 Å². The number of hydrogen-bond acceptors (Lipinski definition) is 2. The second-order valence-corrected chi connectivity index (χ2v) is 2.72. The van der Waals surface area contributed by atoms with Crippen LogP contribution in [0.2, 0.25) is 0 Å². The van der Waals surface area contributed by atoms with Crippen molar-refractivity contribution in [2.75, 3.05) is 0 Å². The molecule has 0 unspecified atom stereocenters. The molecule has 0 heterocycles. The van der Waals surface area contributed by atoms with Crippen molar-refractivity contribution in [2.24, 2.45) is 0 Å². The lowest BCUT2D eigenvalue weighted by molar-refractivity contribution is 0.475. The lowest BCUT2D eigenvalue weighted by Gasteiger charge is -1.87. The van der Waals surface area contributed by atoms with Crippen molar-refractivity contribution >= 4 is 0 Å². The van der Waals surface area contributed by atoms with E-state index in [4.69, 9.17) is 5.11 Å². The van der Waals surface area contributed by atoms with Crippen LogP contribution in [-0.4, -0.2) is 10.2 Å². The van der Waals surface area contributed by atoms with Crippen molar-refractivity contribution in [1.82, 2.24) is 0 Å². The summed E-state index contributed by atoms with van der Waals surface area (Å²) in [4.78, 5) is 0. The van der Waals surface area contributed by atoms with Gasteiger partial charge < -0.3 is 10.2 Å². The maximum atomic E-state index is 9.22. The molecule has 0 radical (unpaired) electrons. The normalized spacial score (nSPS) is 10.3. The van der Waals surface area contributed by atoms with E-state index in [9.17, 15) is 5.11 Å². The molecule has 0 aromatic heterocycles. The summed E-state index contributed by atoms with van der Waals surface area (Å²) in [5.41, 5.74) is 1.77. The molecule has 0 aromatic rings. The lowest BCUT2D eigenvalue weighted by Crippen LogP contribution is -1.61. The monoisotopic (exact) mass is 160 g/mol. The number of rotatable bonds is 0. The highest BCUT2D eigenvalue weighted by atomic mass is 16.3. The zero-order valence-electron chi connectivity index (χ0n) is 6.36. The van der Waals surface area contributed by atoms with Gasteiger partial charge in [-0.25, -0.2) is 0 Å². The molecule has 12 heavy (non-hydrogen) atoms. The zero-order chi connectivity index (χ0) is 8.55. The Kier molecular flexibility index (Phi) is 1.40. The summed E-state index contributed by atoms with van der Waals surface area (Å²) in [7, 11) is 0. The van der Waals surface area contributed by atoms with E-state index < -0.39 is 0 Å². The van der Waals surface area contributed by atoms with Crippen molar-refractivity contribution < 1.29 is 10.2 Å². The summed E-state index contributed by atoms with van der Waals surface area (Å²) < 4.78 is 0.